The fourth-order valence-corrected chi connectivity index (χ4v) is 1.81. The Morgan fingerprint density at radius 3 is 2.69 bits per heavy atom. The van der Waals surface area contributed by atoms with E-state index in [1.807, 2.05) is 24.3 Å². The van der Waals surface area contributed by atoms with Crippen LogP contribution in [0.15, 0.2) is 24.3 Å². The first-order valence-corrected chi connectivity index (χ1v) is 5.43. The van der Waals surface area contributed by atoms with E-state index >= 15 is 0 Å². The number of ether oxygens (including phenoxy) is 1. The Morgan fingerprint density at radius 1 is 1.31 bits per heavy atom. The molecule has 0 saturated carbocycles. The van der Waals surface area contributed by atoms with Crippen molar-refractivity contribution in [2.24, 2.45) is 0 Å². The van der Waals surface area contributed by atoms with Gasteiger partial charge in [-0.3, -0.25) is 4.79 Å². The lowest BCUT2D eigenvalue weighted by Crippen LogP contribution is -2.53. The van der Waals surface area contributed by atoms with Gasteiger partial charge in [-0.2, -0.15) is 0 Å². The number of carbonyl (C=O) groups excluding carboxylic acids is 1. The molecule has 4 nitrogen and oxygen atoms in total. The van der Waals surface area contributed by atoms with E-state index in [0.717, 1.165) is 30.8 Å². The van der Waals surface area contributed by atoms with Crippen LogP contribution in [0, 0.1) is 0 Å². The van der Waals surface area contributed by atoms with Crippen molar-refractivity contribution in [2.75, 3.05) is 20.2 Å². The number of benzene rings is 1. The Kier molecular flexibility index (Phi) is 3.41. The van der Waals surface area contributed by atoms with Crippen molar-refractivity contribution in [3.63, 3.8) is 0 Å². The zero-order chi connectivity index (χ0) is 11.4. The number of hydrogen-bond donors (Lipinski definition) is 2. The van der Waals surface area contributed by atoms with Gasteiger partial charge in [0.15, 0.2) is 0 Å². The zero-order valence-corrected chi connectivity index (χ0v) is 9.32. The average Bonchev–Trinajstić information content (AvgIpc) is 2.33. The van der Waals surface area contributed by atoms with Gasteiger partial charge in [0.1, 0.15) is 5.75 Å². The van der Waals surface area contributed by atoms with E-state index in [4.69, 9.17) is 4.74 Å². The molecule has 0 aromatic heterocycles. The molecule has 1 aromatic carbocycles. The first kappa shape index (κ1) is 11.0. The Balaban J connectivity index is 1.99. The van der Waals surface area contributed by atoms with E-state index in [-0.39, 0.29) is 11.9 Å². The Labute approximate surface area is 95.0 Å². The van der Waals surface area contributed by atoms with Gasteiger partial charge < -0.3 is 15.4 Å². The second-order valence-electron chi connectivity index (χ2n) is 3.85. The highest BCUT2D eigenvalue weighted by atomic mass is 16.5. The second kappa shape index (κ2) is 4.99. The summed E-state index contributed by atoms with van der Waals surface area (Å²) in [6.07, 6.45) is 0.718. The van der Waals surface area contributed by atoms with Gasteiger partial charge in [0.25, 0.3) is 0 Å². The Hall–Kier alpha value is -1.55. The molecular formula is C12H16N2O2. The van der Waals surface area contributed by atoms with E-state index in [1.54, 1.807) is 7.11 Å². The maximum Gasteiger partial charge on any atom is 0.237 e. The number of methoxy groups -OCH3 is 1. The van der Waals surface area contributed by atoms with E-state index in [1.165, 1.54) is 0 Å². The number of hydrogen-bond acceptors (Lipinski definition) is 3. The molecule has 1 aliphatic heterocycles. The van der Waals surface area contributed by atoms with Gasteiger partial charge in [0.2, 0.25) is 5.91 Å². The molecule has 1 unspecified atom stereocenters. The summed E-state index contributed by atoms with van der Waals surface area (Å²) in [7, 11) is 1.64. The summed E-state index contributed by atoms with van der Waals surface area (Å²) >= 11 is 0. The summed E-state index contributed by atoms with van der Waals surface area (Å²) in [5.41, 5.74) is 1.13. The molecule has 2 rings (SSSR count). The van der Waals surface area contributed by atoms with Gasteiger partial charge >= 0.3 is 0 Å². The highest BCUT2D eigenvalue weighted by Gasteiger charge is 2.21. The average molecular weight is 220 g/mol. The van der Waals surface area contributed by atoms with E-state index in [2.05, 4.69) is 10.6 Å². The minimum absolute atomic E-state index is 0.0852. The molecule has 1 amide bonds. The number of amides is 1. The minimum atomic E-state index is -0.109. The summed E-state index contributed by atoms with van der Waals surface area (Å²) < 4.78 is 5.09. The van der Waals surface area contributed by atoms with Gasteiger partial charge in [0.05, 0.1) is 13.2 Å². The molecule has 2 N–H and O–H groups in total. The van der Waals surface area contributed by atoms with Crippen molar-refractivity contribution in [1.82, 2.24) is 10.6 Å². The molecular weight excluding hydrogens is 204 g/mol. The topological polar surface area (TPSA) is 50.4 Å². The van der Waals surface area contributed by atoms with Crippen LogP contribution < -0.4 is 15.4 Å². The van der Waals surface area contributed by atoms with Gasteiger partial charge in [-0.15, -0.1) is 0 Å². The third-order valence-corrected chi connectivity index (χ3v) is 2.73. The van der Waals surface area contributed by atoms with Crippen LogP contribution in [0.5, 0.6) is 5.75 Å². The number of carbonyl (C=O) groups is 1. The monoisotopic (exact) mass is 220 g/mol. The third kappa shape index (κ3) is 2.52. The van der Waals surface area contributed by atoms with E-state index in [0.29, 0.717) is 0 Å². The number of piperazine rings is 1. The lowest BCUT2D eigenvalue weighted by atomic mass is 10.0. The lowest BCUT2D eigenvalue weighted by Gasteiger charge is -2.23. The van der Waals surface area contributed by atoms with Crippen molar-refractivity contribution < 1.29 is 9.53 Å². The summed E-state index contributed by atoms with van der Waals surface area (Å²) in [5, 5.41) is 6.05. The highest BCUT2D eigenvalue weighted by molar-refractivity contribution is 5.82. The molecule has 1 aliphatic rings. The lowest BCUT2D eigenvalue weighted by molar-refractivity contribution is -0.124. The predicted octanol–water partition coefficient (Wildman–Crippen LogP) is 0.326. The molecule has 1 saturated heterocycles. The summed E-state index contributed by atoms with van der Waals surface area (Å²) in [6.45, 7) is 1.56. The molecule has 0 aliphatic carbocycles. The summed E-state index contributed by atoms with van der Waals surface area (Å²) in [4.78, 5) is 11.5. The SMILES string of the molecule is COc1ccc(CC2NCCNC2=O)cc1. The van der Waals surface area contributed by atoms with Crippen molar-refractivity contribution >= 4 is 5.91 Å². The van der Waals surface area contributed by atoms with Gasteiger partial charge in [-0.25, -0.2) is 0 Å². The maximum absolute atomic E-state index is 11.5. The first-order valence-electron chi connectivity index (χ1n) is 5.43. The van der Waals surface area contributed by atoms with Crippen LogP contribution in [-0.4, -0.2) is 32.1 Å². The minimum Gasteiger partial charge on any atom is -0.497 e. The molecule has 1 fully saturated rings. The molecule has 0 radical (unpaired) electrons. The molecule has 1 atom stereocenters. The van der Waals surface area contributed by atoms with Crippen molar-refractivity contribution in [3.05, 3.63) is 29.8 Å². The van der Waals surface area contributed by atoms with Crippen LogP contribution in [-0.2, 0) is 11.2 Å². The van der Waals surface area contributed by atoms with Gasteiger partial charge in [0, 0.05) is 13.1 Å². The normalized spacial score (nSPS) is 20.3. The van der Waals surface area contributed by atoms with Crippen LogP contribution in [0.4, 0.5) is 0 Å². The Bertz CT molecular complexity index is 362. The van der Waals surface area contributed by atoms with Crippen molar-refractivity contribution in [3.8, 4) is 5.75 Å². The predicted molar refractivity (Wildman–Crippen MR) is 61.5 cm³/mol. The molecule has 4 heteroatoms. The highest BCUT2D eigenvalue weighted by Crippen LogP contribution is 2.13. The van der Waals surface area contributed by atoms with E-state index < -0.39 is 0 Å². The molecule has 86 valence electrons. The molecule has 1 heterocycles. The molecule has 1 aromatic rings. The maximum atomic E-state index is 11.5. The van der Waals surface area contributed by atoms with Gasteiger partial charge in [-0.1, -0.05) is 12.1 Å². The van der Waals surface area contributed by atoms with Crippen molar-refractivity contribution in [2.45, 2.75) is 12.5 Å². The van der Waals surface area contributed by atoms with Crippen LogP contribution in [0.1, 0.15) is 5.56 Å². The largest absolute Gasteiger partial charge is 0.497 e. The van der Waals surface area contributed by atoms with Crippen LogP contribution in [0.25, 0.3) is 0 Å². The van der Waals surface area contributed by atoms with Crippen LogP contribution in [0.3, 0.4) is 0 Å². The standard InChI is InChI=1S/C12H16N2O2/c1-16-10-4-2-9(3-5-10)8-11-12(15)14-7-6-13-11/h2-5,11,13H,6-8H2,1H3,(H,14,15). The smallest absolute Gasteiger partial charge is 0.237 e. The fourth-order valence-electron chi connectivity index (χ4n) is 1.81. The quantitative estimate of drug-likeness (QED) is 0.771. The van der Waals surface area contributed by atoms with Crippen LogP contribution in [0.2, 0.25) is 0 Å². The van der Waals surface area contributed by atoms with E-state index in [9.17, 15) is 4.79 Å². The Morgan fingerprint density at radius 2 is 2.06 bits per heavy atom. The molecule has 0 bridgehead atoms. The van der Waals surface area contributed by atoms with Crippen LogP contribution >= 0.6 is 0 Å². The summed E-state index contributed by atoms with van der Waals surface area (Å²) in [5.74, 6) is 0.923. The fraction of sp³-hybridized carbons (Fsp3) is 0.417. The van der Waals surface area contributed by atoms with Gasteiger partial charge in [-0.05, 0) is 24.1 Å². The number of rotatable bonds is 3. The third-order valence-electron chi connectivity index (χ3n) is 2.73. The molecule has 16 heavy (non-hydrogen) atoms. The zero-order valence-electron chi connectivity index (χ0n) is 9.32. The number of nitrogens with one attached hydrogen (secondary N) is 2. The van der Waals surface area contributed by atoms with Crippen molar-refractivity contribution in [1.29, 1.82) is 0 Å². The second-order valence-corrected chi connectivity index (χ2v) is 3.85. The molecule has 0 spiro atoms. The summed E-state index contributed by atoms with van der Waals surface area (Å²) in [6, 6.07) is 7.69. The first-order chi connectivity index (χ1) is 7.79.